The zero-order chi connectivity index (χ0) is 37.8. The summed E-state index contributed by atoms with van der Waals surface area (Å²) in [4.78, 5) is 87.9. The van der Waals surface area contributed by atoms with Crippen LogP contribution >= 0.6 is 0 Å². The maximum absolute atomic E-state index is 13.1. The van der Waals surface area contributed by atoms with Crippen molar-refractivity contribution >= 4 is 57.2 Å². The smallest absolute Gasteiger partial charge is 0.311 e. The van der Waals surface area contributed by atoms with Crippen LogP contribution in [0.4, 0.5) is 5.69 Å². The van der Waals surface area contributed by atoms with Gasteiger partial charge in [-0.1, -0.05) is 32.4 Å². The van der Waals surface area contributed by atoms with Gasteiger partial charge in [-0.25, -0.2) is 0 Å². The summed E-state index contributed by atoms with van der Waals surface area (Å²) in [5.41, 5.74) is 0.462. The van der Waals surface area contributed by atoms with Gasteiger partial charge >= 0.3 is 5.97 Å². The van der Waals surface area contributed by atoms with Crippen molar-refractivity contribution in [2.24, 2.45) is 11.3 Å². The number of rotatable bonds is 18. The van der Waals surface area contributed by atoms with E-state index in [9.17, 15) is 46.5 Å². The zero-order valence-electron chi connectivity index (χ0n) is 29.1. The molecule has 17 heteroatoms. The normalized spacial score (nSPS) is 14.9. The van der Waals surface area contributed by atoms with E-state index < -0.39 is 80.8 Å². The zero-order valence-corrected chi connectivity index (χ0v) is 29.9. The number of amides is 6. The average Bonchev–Trinajstić information content (AvgIpc) is 3.33. The standard InChI is InChI=1S/C33H47N5O11S/c1-20(2)28(31(44)34-21(3)29(42)35-23-13-11-22(12-14-23)18-49-32(45)33(4,5)6)37-30(43)24(19-50(46,47)48)36-25(39)10-8-7-9-17-38-26(40)15-16-27(38)41/h11-16,20-21,24,28H,7-10,17-19H2,1-6H3,(H,34,44)(H,35,42)(H,36,39)(H,37,43)(H,46,47,48)/t21-,24-,28-/m0/s1. The van der Waals surface area contributed by atoms with Crippen molar-refractivity contribution in [3.05, 3.63) is 42.0 Å². The Labute approximate surface area is 291 Å². The molecule has 1 aromatic carbocycles. The Balaban J connectivity index is 1.92. The first-order chi connectivity index (χ1) is 23.2. The van der Waals surface area contributed by atoms with Crippen LogP contribution in [-0.2, 0) is 55.0 Å². The quantitative estimate of drug-likeness (QED) is 0.0626. The highest BCUT2D eigenvalue weighted by molar-refractivity contribution is 7.85. The number of ether oxygens (including phenoxy) is 1. The van der Waals surface area contributed by atoms with E-state index in [0.29, 0.717) is 30.5 Å². The largest absolute Gasteiger partial charge is 0.460 e. The molecule has 276 valence electrons. The molecule has 1 heterocycles. The summed E-state index contributed by atoms with van der Waals surface area (Å²) in [6.07, 6.45) is 3.38. The number of hydrogen-bond donors (Lipinski definition) is 5. The van der Waals surface area contributed by atoms with Gasteiger partial charge in [0.2, 0.25) is 23.6 Å². The van der Waals surface area contributed by atoms with Crippen LogP contribution in [0.3, 0.4) is 0 Å². The Morgan fingerprint density at radius 3 is 1.98 bits per heavy atom. The van der Waals surface area contributed by atoms with E-state index in [0.717, 1.165) is 4.90 Å². The van der Waals surface area contributed by atoms with Crippen LogP contribution in [0.2, 0.25) is 0 Å². The number of hydrogen-bond acceptors (Lipinski definition) is 10. The molecule has 3 atom stereocenters. The minimum absolute atomic E-state index is 0.0548. The predicted molar refractivity (Wildman–Crippen MR) is 181 cm³/mol. The van der Waals surface area contributed by atoms with Gasteiger partial charge in [0, 0.05) is 30.8 Å². The van der Waals surface area contributed by atoms with Crippen LogP contribution in [0.5, 0.6) is 0 Å². The summed E-state index contributed by atoms with van der Waals surface area (Å²) in [7, 11) is -4.74. The lowest BCUT2D eigenvalue weighted by Gasteiger charge is -2.26. The van der Waals surface area contributed by atoms with Crippen molar-refractivity contribution < 1.29 is 51.3 Å². The second-order valence-electron chi connectivity index (χ2n) is 13.3. The number of esters is 1. The fourth-order valence-electron chi connectivity index (χ4n) is 4.50. The van der Waals surface area contributed by atoms with Crippen molar-refractivity contribution in [2.75, 3.05) is 17.6 Å². The number of nitrogens with one attached hydrogen (secondary N) is 4. The van der Waals surface area contributed by atoms with Crippen molar-refractivity contribution in [1.29, 1.82) is 0 Å². The molecule has 5 N–H and O–H groups in total. The maximum atomic E-state index is 13.1. The van der Waals surface area contributed by atoms with Gasteiger partial charge < -0.3 is 26.0 Å². The minimum Gasteiger partial charge on any atom is -0.460 e. The van der Waals surface area contributed by atoms with E-state index in [1.165, 1.54) is 19.1 Å². The summed E-state index contributed by atoms with van der Waals surface area (Å²) in [5.74, 6) is -5.96. The molecule has 1 aliphatic heterocycles. The van der Waals surface area contributed by atoms with Gasteiger partial charge in [0.1, 0.15) is 30.5 Å². The number of carbonyl (C=O) groups is 7. The Morgan fingerprint density at radius 1 is 0.840 bits per heavy atom. The van der Waals surface area contributed by atoms with E-state index in [1.54, 1.807) is 58.9 Å². The first-order valence-corrected chi connectivity index (χ1v) is 17.7. The van der Waals surface area contributed by atoms with Crippen molar-refractivity contribution in [3.8, 4) is 0 Å². The molecule has 0 saturated carbocycles. The number of carbonyl (C=O) groups excluding carboxylic acids is 7. The third-order valence-electron chi connectivity index (χ3n) is 7.42. The van der Waals surface area contributed by atoms with Crippen LogP contribution in [0.1, 0.15) is 72.8 Å². The van der Waals surface area contributed by atoms with Crippen molar-refractivity contribution in [2.45, 2.75) is 92.0 Å². The molecule has 0 saturated heterocycles. The van der Waals surface area contributed by atoms with Crippen molar-refractivity contribution in [1.82, 2.24) is 20.9 Å². The van der Waals surface area contributed by atoms with Crippen LogP contribution < -0.4 is 21.3 Å². The molecule has 1 aliphatic rings. The Kier molecular flexibility index (Phi) is 15.3. The van der Waals surface area contributed by atoms with Gasteiger partial charge in [0.05, 0.1) is 5.41 Å². The fourth-order valence-corrected chi connectivity index (χ4v) is 5.16. The molecule has 16 nitrogen and oxygen atoms in total. The highest BCUT2D eigenvalue weighted by atomic mass is 32.2. The lowest BCUT2D eigenvalue weighted by molar-refractivity contribution is -0.154. The van der Waals surface area contributed by atoms with Gasteiger partial charge in [-0.15, -0.1) is 0 Å². The highest BCUT2D eigenvalue weighted by Gasteiger charge is 2.32. The summed E-state index contributed by atoms with van der Waals surface area (Å²) in [6, 6.07) is 2.48. The second-order valence-corrected chi connectivity index (χ2v) is 14.8. The lowest BCUT2D eigenvalue weighted by atomic mass is 9.97. The van der Waals surface area contributed by atoms with E-state index in [4.69, 9.17) is 4.74 Å². The summed E-state index contributed by atoms with van der Waals surface area (Å²) < 4.78 is 38.0. The Morgan fingerprint density at radius 2 is 1.44 bits per heavy atom. The van der Waals surface area contributed by atoms with Crippen LogP contribution in [0, 0.1) is 11.3 Å². The number of benzene rings is 1. The van der Waals surface area contributed by atoms with Gasteiger partial charge in [-0.2, -0.15) is 8.42 Å². The van der Waals surface area contributed by atoms with Crippen LogP contribution in [-0.4, -0.2) is 89.7 Å². The minimum atomic E-state index is -4.74. The summed E-state index contributed by atoms with van der Waals surface area (Å²) in [5, 5.41) is 9.84. The molecule has 0 unspecified atom stereocenters. The molecule has 0 fully saturated rings. The molecule has 0 bridgehead atoms. The molecule has 1 aromatic rings. The average molecular weight is 722 g/mol. The molecule has 0 spiro atoms. The molecular weight excluding hydrogens is 674 g/mol. The first-order valence-electron chi connectivity index (χ1n) is 16.1. The third kappa shape index (κ3) is 14.1. The molecule has 6 amide bonds. The van der Waals surface area contributed by atoms with E-state index >= 15 is 0 Å². The Bertz CT molecular complexity index is 1550. The van der Waals surface area contributed by atoms with Gasteiger partial charge in [-0.05, 0) is 64.2 Å². The second kappa shape index (κ2) is 18.4. The topological polar surface area (TPSA) is 234 Å². The molecule has 0 aliphatic carbocycles. The molecular formula is C33H47N5O11S. The van der Waals surface area contributed by atoms with Gasteiger partial charge in [0.15, 0.2) is 0 Å². The molecule has 2 rings (SSSR count). The summed E-state index contributed by atoms with van der Waals surface area (Å²) >= 11 is 0. The van der Waals surface area contributed by atoms with Crippen molar-refractivity contribution in [3.63, 3.8) is 0 Å². The number of unbranched alkanes of at least 4 members (excludes halogenated alkanes) is 2. The Hall–Kier alpha value is -4.64. The number of imide groups is 1. The lowest BCUT2D eigenvalue weighted by Crippen LogP contribution is -2.58. The van der Waals surface area contributed by atoms with E-state index in [1.807, 2.05) is 0 Å². The van der Waals surface area contributed by atoms with Crippen LogP contribution in [0.25, 0.3) is 0 Å². The SMILES string of the molecule is CC(C)[C@H](NC(=O)[C@H](CS(=O)(=O)O)NC(=O)CCCCCN1C(=O)C=CC1=O)C(=O)N[C@@H](C)C(=O)Nc1ccc(COC(=O)C(C)(C)C)cc1. The fraction of sp³-hybridized carbons (Fsp3) is 0.545. The van der Waals surface area contributed by atoms with Gasteiger partial charge in [-0.3, -0.25) is 43.0 Å². The van der Waals surface area contributed by atoms with Gasteiger partial charge in [0.25, 0.3) is 21.9 Å². The highest BCUT2D eigenvalue weighted by Crippen LogP contribution is 2.17. The van der Waals surface area contributed by atoms with Crippen LogP contribution in [0.15, 0.2) is 36.4 Å². The van der Waals surface area contributed by atoms with E-state index in [2.05, 4.69) is 21.3 Å². The molecule has 0 aromatic heterocycles. The van der Waals surface area contributed by atoms with E-state index in [-0.39, 0.29) is 25.5 Å². The first kappa shape index (κ1) is 41.5. The third-order valence-corrected chi connectivity index (χ3v) is 8.17. The summed E-state index contributed by atoms with van der Waals surface area (Å²) in [6.45, 7) is 10.1. The molecule has 50 heavy (non-hydrogen) atoms. The predicted octanol–water partition coefficient (Wildman–Crippen LogP) is 1.22. The number of anilines is 1. The molecule has 0 radical (unpaired) electrons. The number of nitrogens with zero attached hydrogens (tertiary/aromatic N) is 1. The maximum Gasteiger partial charge on any atom is 0.311 e. The monoisotopic (exact) mass is 721 g/mol.